The van der Waals surface area contributed by atoms with Crippen LogP contribution in [0.2, 0.25) is 0 Å². The number of carbonyl (C=O) groups excluding carboxylic acids is 2. The van der Waals surface area contributed by atoms with Gasteiger partial charge < -0.3 is 10.1 Å². The molecule has 110 valence electrons. The molecule has 4 nitrogen and oxygen atoms in total. The van der Waals surface area contributed by atoms with Crippen LogP contribution in [0, 0.1) is 0 Å². The Balaban J connectivity index is 1.89. The van der Waals surface area contributed by atoms with Gasteiger partial charge >= 0.3 is 5.97 Å². The van der Waals surface area contributed by atoms with Crippen molar-refractivity contribution in [3.05, 3.63) is 21.4 Å². The Kier molecular flexibility index (Phi) is 5.17. The highest BCUT2D eigenvalue weighted by molar-refractivity contribution is 7.10. The normalized spacial score (nSPS) is 15.3. The minimum Gasteiger partial charge on any atom is -0.452 e. The van der Waals surface area contributed by atoms with E-state index in [-0.39, 0.29) is 24.5 Å². The molecule has 1 amide bonds. The molecule has 0 aromatic carbocycles. The van der Waals surface area contributed by atoms with Crippen LogP contribution in [0.1, 0.15) is 53.9 Å². The molecule has 0 saturated carbocycles. The van der Waals surface area contributed by atoms with Crippen LogP contribution in [0.25, 0.3) is 0 Å². The van der Waals surface area contributed by atoms with E-state index in [4.69, 9.17) is 4.74 Å². The summed E-state index contributed by atoms with van der Waals surface area (Å²) in [7, 11) is 0. The van der Waals surface area contributed by atoms with Crippen LogP contribution < -0.4 is 5.32 Å². The smallest absolute Gasteiger partial charge is 0.339 e. The number of aryl methyl sites for hydroxylation is 1. The lowest BCUT2D eigenvalue weighted by Crippen LogP contribution is -2.35. The number of hydrogen-bond acceptors (Lipinski definition) is 4. The maximum atomic E-state index is 12.0. The molecule has 0 saturated heterocycles. The Morgan fingerprint density at radius 1 is 1.40 bits per heavy atom. The average molecular weight is 295 g/mol. The van der Waals surface area contributed by atoms with Crippen molar-refractivity contribution in [3.63, 3.8) is 0 Å². The Labute approximate surface area is 123 Å². The largest absolute Gasteiger partial charge is 0.452 e. The van der Waals surface area contributed by atoms with Crippen molar-refractivity contribution in [1.82, 2.24) is 5.32 Å². The minimum atomic E-state index is -0.372. The first-order valence-electron chi connectivity index (χ1n) is 7.17. The second-order valence-electron chi connectivity index (χ2n) is 5.21. The summed E-state index contributed by atoms with van der Waals surface area (Å²) in [6.07, 6.45) is 5.18. The summed E-state index contributed by atoms with van der Waals surface area (Å²) < 4.78 is 5.12. The molecule has 5 heteroatoms. The molecule has 0 radical (unpaired) electrons. The predicted molar refractivity (Wildman–Crippen MR) is 79.1 cm³/mol. The number of amides is 1. The van der Waals surface area contributed by atoms with E-state index in [1.54, 1.807) is 11.3 Å². The maximum Gasteiger partial charge on any atom is 0.339 e. The van der Waals surface area contributed by atoms with Gasteiger partial charge in [-0.15, -0.1) is 11.3 Å². The van der Waals surface area contributed by atoms with Crippen LogP contribution >= 0.6 is 11.3 Å². The van der Waals surface area contributed by atoms with Crippen molar-refractivity contribution >= 4 is 23.2 Å². The third kappa shape index (κ3) is 3.60. The monoisotopic (exact) mass is 295 g/mol. The Hall–Kier alpha value is -1.36. The average Bonchev–Trinajstić information content (AvgIpc) is 2.88. The van der Waals surface area contributed by atoms with Crippen molar-refractivity contribution < 1.29 is 14.3 Å². The second kappa shape index (κ2) is 6.88. The number of rotatable bonds is 5. The van der Waals surface area contributed by atoms with Crippen LogP contribution in [0.15, 0.2) is 5.38 Å². The topological polar surface area (TPSA) is 55.4 Å². The zero-order valence-electron chi connectivity index (χ0n) is 12.0. The van der Waals surface area contributed by atoms with Crippen LogP contribution in [0.3, 0.4) is 0 Å². The summed E-state index contributed by atoms with van der Waals surface area (Å²) >= 11 is 1.63. The molecule has 0 fully saturated rings. The van der Waals surface area contributed by atoms with Gasteiger partial charge in [0.2, 0.25) is 0 Å². The number of thiophene rings is 1. The molecular weight excluding hydrogens is 274 g/mol. The van der Waals surface area contributed by atoms with Gasteiger partial charge in [-0.1, -0.05) is 6.92 Å². The molecule has 1 aromatic heterocycles. The summed E-state index contributed by atoms with van der Waals surface area (Å²) in [5.41, 5.74) is 1.79. The maximum absolute atomic E-state index is 12.0. The van der Waals surface area contributed by atoms with Crippen LogP contribution in [-0.2, 0) is 22.4 Å². The van der Waals surface area contributed by atoms with E-state index in [0.717, 1.165) is 31.2 Å². The van der Waals surface area contributed by atoms with Gasteiger partial charge in [-0.2, -0.15) is 0 Å². The summed E-state index contributed by atoms with van der Waals surface area (Å²) in [4.78, 5) is 24.9. The molecule has 1 aromatic rings. The quantitative estimate of drug-likeness (QED) is 0.850. The molecule has 0 unspecified atom stereocenters. The highest BCUT2D eigenvalue weighted by atomic mass is 32.1. The number of hydrogen-bond donors (Lipinski definition) is 1. The highest BCUT2D eigenvalue weighted by Crippen LogP contribution is 2.30. The van der Waals surface area contributed by atoms with E-state index < -0.39 is 0 Å². The van der Waals surface area contributed by atoms with Crippen LogP contribution in [-0.4, -0.2) is 24.5 Å². The van der Waals surface area contributed by atoms with Gasteiger partial charge in [-0.3, -0.25) is 4.79 Å². The van der Waals surface area contributed by atoms with Crippen molar-refractivity contribution in [2.24, 2.45) is 0 Å². The van der Waals surface area contributed by atoms with E-state index in [2.05, 4.69) is 5.32 Å². The van der Waals surface area contributed by atoms with E-state index in [1.165, 1.54) is 11.3 Å². The summed E-state index contributed by atoms with van der Waals surface area (Å²) in [5.74, 6) is -0.611. The number of nitrogens with one attached hydrogen (secondary N) is 1. The van der Waals surface area contributed by atoms with E-state index in [0.29, 0.717) is 5.56 Å². The Morgan fingerprint density at radius 2 is 2.15 bits per heavy atom. The van der Waals surface area contributed by atoms with Crippen molar-refractivity contribution in [3.8, 4) is 0 Å². The molecule has 1 heterocycles. The van der Waals surface area contributed by atoms with Gasteiger partial charge in [0.1, 0.15) is 0 Å². The van der Waals surface area contributed by atoms with Crippen LogP contribution in [0.5, 0.6) is 0 Å². The Bertz CT molecular complexity index is 495. The molecule has 20 heavy (non-hydrogen) atoms. The zero-order chi connectivity index (χ0) is 14.5. The minimum absolute atomic E-state index is 0.107. The number of ether oxygens (including phenoxy) is 1. The molecule has 0 bridgehead atoms. The predicted octanol–water partition coefficient (Wildman–Crippen LogP) is 2.70. The van der Waals surface area contributed by atoms with Gasteiger partial charge in [0.25, 0.3) is 5.91 Å². The Morgan fingerprint density at radius 3 is 2.90 bits per heavy atom. The fourth-order valence-corrected chi connectivity index (χ4v) is 3.41. The first-order chi connectivity index (χ1) is 9.61. The fourth-order valence-electron chi connectivity index (χ4n) is 2.29. The fraction of sp³-hybridized carbons (Fsp3) is 0.600. The van der Waals surface area contributed by atoms with E-state index in [9.17, 15) is 9.59 Å². The molecule has 0 spiro atoms. The lowest BCUT2D eigenvalue weighted by atomic mass is 9.96. The molecule has 1 atom stereocenters. The van der Waals surface area contributed by atoms with E-state index in [1.807, 2.05) is 19.2 Å². The lowest BCUT2D eigenvalue weighted by molar-refractivity contribution is -0.124. The molecule has 0 aliphatic heterocycles. The number of esters is 1. The summed E-state index contributed by atoms with van der Waals surface area (Å²) in [5, 5.41) is 4.64. The third-order valence-corrected chi connectivity index (χ3v) is 4.72. The van der Waals surface area contributed by atoms with Crippen molar-refractivity contribution in [1.29, 1.82) is 0 Å². The molecule has 1 aliphatic carbocycles. The second-order valence-corrected chi connectivity index (χ2v) is 6.18. The first-order valence-corrected chi connectivity index (χ1v) is 8.05. The summed E-state index contributed by atoms with van der Waals surface area (Å²) in [6.45, 7) is 3.72. The lowest BCUT2D eigenvalue weighted by Gasteiger charge is -2.13. The third-order valence-electron chi connectivity index (χ3n) is 3.64. The summed E-state index contributed by atoms with van der Waals surface area (Å²) in [6, 6.07) is 0.107. The molecule has 1 N–H and O–H groups in total. The van der Waals surface area contributed by atoms with Gasteiger partial charge in [-0.25, -0.2) is 4.79 Å². The zero-order valence-corrected chi connectivity index (χ0v) is 12.8. The van der Waals surface area contributed by atoms with E-state index >= 15 is 0 Å². The molecule has 2 rings (SSSR count). The van der Waals surface area contributed by atoms with Crippen LogP contribution in [0.4, 0.5) is 0 Å². The van der Waals surface area contributed by atoms with Crippen molar-refractivity contribution in [2.75, 3.05) is 6.61 Å². The standard InChI is InChI=1S/C15H21NO3S/c1-3-10(2)16-14(17)8-19-15(18)12-9-20-13-7-5-4-6-11(12)13/h9-10H,3-8H2,1-2H3,(H,16,17)/t10-/m1/s1. The molecular formula is C15H21NO3S. The molecule has 1 aliphatic rings. The van der Waals surface area contributed by atoms with Gasteiger partial charge in [-0.05, 0) is 44.6 Å². The van der Waals surface area contributed by atoms with Gasteiger partial charge in [0.15, 0.2) is 6.61 Å². The SMILES string of the molecule is CC[C@@H](C)NC(=O)COC(=O)c1csc2c1CCCC2. The van der Waals surface area contributed by atoms with Gasteiger partial charge in [0.05, 0.1) is 5.56 Å². The highest BCUT2D eigenvalue weighted by Gasteiger charge is 2.21. The first kappa shape index (κ1) is 15.0. The van der Waals surface area contributed by atoms with Crippen molar-refractivity contribution in [2.45, 2.75) is 52.0 Å². The number of carbonyl (C=O) groups is 2. The van der Waals surface area contributed by atoms with Gasteiger partial charge in [0, 0.05) is 16.3 Å². The number of fused-ring (bicyclic) bond motifs is 1.